The lowest BCUT2D eigenvalue weighted by molar-refractivity contribution is 0.495. The van der Waals surface area contributed by atoms with Gasteiger partial charge in [-0.1, -0.05) is 236 Å². The van der Waals surface area contributed by atoms with Crippen molar-refractivity contribution in [2.24, 2.45) is 0 Å². The van der Waals surface area contributed by atoms with E-state index in [-0.39, 0.29) is 0 Å². The van der Waals surface area contributed by atoms with Crippen molar-refractivity contribution in [3.63, 3.8) is 0 Å². The van der Waals surface area contributed by atoms with Crippen molar-refractivity contribution < 1.29 is 25.8 Å². The van der Waals surface area contributed by atoms with Crippen LogP contribution < -0.4 is 29.8 Å². The fourth-order valence-corrected chi connectivity index (χ4v) is 19.4. The van der Waals surface area contributed by atoms with Crippen LogP contribution in [-0.4, -0.2) is 32.3 Å². The van der Waals surface area contributed by atoms with Crippen molar-refractivity contribution in [2.75, 3.05) is 0 Å². The molecule has 382 valence electrons. The Morgan fingerprint density at radius 3 is 0.763 bits per heavy atom. The Balaban J connectivity index is 1.11. The molecule has 0 N–H and O–H groups in total. The standard InChI is InChI=1S/C64H64O6P2Si4/c1-73(2,3)53-37-41-25-13-17-29-45(41)57-58-46-30-18-14-26-42(46)38-54(74(4,5)6)62(58)68-71(67-61(53)57)65-51-35-23-21-33-49(51)50-34-22-24-36-52(50)66-72-69-63-55(75(7,8)9)39-43-27-15-19-31-47(43)59(63)60-48-32-20-16-28-44(48)40-56(64(60)70-72)76(10,11)12/h13-40H,1-12H3. The molecule has 0 bridgehead atoms. The van der Waals surface area contributed by atoms with Crippen LogP contribution in [0.15, 0.2) is 187 Å². The van der Waals surface area contributed by atoms with Crippen molar-refractivity contribution in [3.05, 3.63) is 170 Å². The number of fused-ring (bicyclic) bond motifs is 14. The summed E-state index contributed by atoms with van der Waals surface area (Å²) in [4.78, 5) is 0. The van der Waals surface area contributed by atoms with Crippen LogP contribution in [0.2, 0.25) is 78.6 Å². The van der Waals surface area contributed by atoms with Crippen LogP contribution in [0.3, 0.4) is 0 Å². The third kappa shape index (κ3) is 8.87. The summed E-state index contributed by atoms with van der Waals surface area (Å²) >= 11 is 0. The summed E-state index contributed by atoms with van der Waals surface area (Å²) in [7, 11) is -12.4. The zero-order chi connectivity index (χ0) is 53.1. The molecule has 12 aromatic rings. The highest BCUT2D eigenvalue weighted by Crippen LogP contribution is 2.48. The van der Waals surface area contributed by atoms with Crippen LogP contribution in [0.5, 0.6) is 11.5 Å². The summed E-state index contributed by atoms with van der Waals surface area (Å²) in [5, 5.41) is 18.5. The van der Waals surface area contributed by atoms with Gasteiger partial charge in [-0.3, -0.25) is 0 Å². The van der Waals surface area contributed by atoms with Gasteiger partial charge >= 0.3 is 16.5 Å². The molecule has 0 spiro atoms. The van der Waals surface area contributed by atoms with Crippen LogP contribution >= 0.6 is 16.5 Å². The van der Waals surface area contributed by atoms with Crippen molar-refractivity contribution in [2.45, 2.75) is 78.6 Å². The summed E-state index contributed by atoms with van der Waals surface area (Å²) in [5.74, 6) is 1.23. The number of para-hydroxylation sites is 2. The molecule has 12 heteroatoms. The van der Waals surface area contributed by atoms with Crippen LogP contribution in [0.4, 0.5) is 0 Å². The van der Waals surface area contributed by atoms with E-state index in [9.17, 15) is 0 Å². The van der Waals surface area contributed by atoms with Crippen LogP contribution in [0.1, 0.15) is 0 Å². The Labute approximate surface area is 450 Å². The lowest BCUT2D eigenvalue weighted by atomic mass is 9.98. The third-order valence-corrected chi connectivity index (χ3v) is 24.8. The molecule has 2 heterocycles. The number of benzene rings is 10. The van der Waals surface area contributed by atoms with Gasteiger partial charge in [0, 0.05) is 32.7 Å². The first-order valence-electron chi connectivity index (χ1n) is 26.3. The van der Waals surface area contributed by atoms with E-state index < -0.39 is 48.8 Å². The number of hydrogen-bond acceptors (Lipinski definition) is 6. The maximum Gasteiger partial charge on any atom is 0.453 e. The molecule has 12 rings (SSSR count). The minimum absolute atomic E-state index is 0.617. The number of hydrogen-bond donors (Lipinski definition) is 0. The highest BCUT2D eigenvalue weighted by molar-refractivity contribution is 7.32. The summed E-state index contributed by atoms with van der Waals surface area (Å²) < 4.78 is 44.2. The lowest BCUT2D eigenvalue weighted by Crippen LogP contribution is -2.38. The molecule has 0 aliphatic rings. The van der Waals surface area contributed by atoms with E-state index in [4.69, 9.17) is 25.8 Å². The van der Waals surface area contributed by atoms with Crippen molar-refractivity contribution in [1.82, 2.24) is 0 Å². The van der Waals surface area contributed by atoms with Crippen LogP contribution in [0.25, 0.3) is 98.1 Å². The van der Waals surface area contributed by atoms with E-state index in [0.717, 1.165) is 76.5 Å². The molecule has 0 fully saturated rings. The fraction of sp³-hybridized carbons (Fsp3) is 0.188. The van der Waals surface area contributed by atoms with Gasteiger partial charge in [-0.15, -0.1) is 0 Å². The summed E-state index contributed by atoms with van der Waals surface area (Å²) in [6.45, 7) is 28.7. The Hall–Kier alpha value is -6.49. The molecular weight excluding hydrogens is 1040 g/mol. The van der Waals surface area contributed by atoms with Gasteiger partial charge in [0.05, 0.1) is 32.3 Å². The molecule has 0 atom stereocenters. The van der Waals surface area contributed by atoms with Crippen LogP contribution in [0, 0.1) is 0 Å². The van der Waals surface area contributed by atoms with E-state index in [2.05, 4.69) is 212 Å². The van der Waals surface area contributed by atoms with Gasteiger partial charge in [0.15, 0.2) is 0 Å². The van der Waals surface area contributed by atoms with Gasteiger partial charge in [0.2, 0.25) is 0 Å². The molecule has 0 unspecified atom stereocenters. The van der Waals surface area contributed by atoms with Gasteiger partial charge in [-0.05, 0) is 76.0 Å². The highest BCUT2D eigenvalue weighted by atomic mass is 31.1. The second kappa shape index (κ2) is 18.6. The van der Waals surface area contributed by atoms with Crippen molar-refractivity contribution in [1.29, 1.82) is 0 Å². The highest BCUT2D eigenvalue weighted by Gasteiger charge is 2.31. The van der Waals surface area contributed by atoms with Gasteiger partial charge in [-0.25, -0.2) is 0 Å². The molecule has 0 saturated heterocycles. The summed E-state index contributed by atoms with van der Waals surface area (Å²) in [6.07, 6.45) is 0. The first-order valence-corrected chi connectivity index (χ1v) is 42.5. The van der Waals surface area contributed by atoms with E-state index in [1.54, 1.807) is 0 Å². The SMILES string of the molecule is C[Si](C)(C)c1cc2ccccc2c2c1op(Oc1ccccc1-c1ccccc1Op1oc3c([Si](C)(C)C)cc4ccccc4c3c3c(o1)c([Si](C)(C)C)cc1ccccc13)oc1c([Si](C)(C)C)cc3ccccc3c12. The smallest absolute Gasteiger partial charge is 0.390 e. The van der Waals surface area contributed by atoms with E-state index in [1.807, 2.05) is 36.4 Å². The minimum atomic E-state index is -2.07. The average molecular weight is 1100 g/mol. The molecule has 76 heavy (non-hydrogen) atoms. The van der Waals surface area contributed by atoms with E-state index in [0.29, 0.717) is 11.5 Å². The molecule has 6 nitrogen and oxygen atoms in total. The quantitative estimate of drug-likeness (QED) is 0.134. The zero-order valence-electron chi connectivity index (χ0n) is 45.5. The maximum atomic E-state index is 7.40. The minimum Gasteiger partial charge on any atom is -0.390 e. The molecule has 0 amide bonds. The summed E-state index contributed by atoms with van der Waals surface area (Å²) in [6, 6.07) is 60.6. The Kier molecular flexibility index (Phi) is 12.3. The molecule has 0 aliphatic carbocycles. The predicted molar refractivity (Wildman–Crippen MR) is 339 cm³/mol. The second-order valence-electron chi connectivity index (χ2n) is 24.4. The fourth-order valence-electron chi connectivity index (χ4n) is 11.0. The van der Waals surface area contributed by atoms with Gasteiger partial charge in [0.1, 0.15) is 33.8 Å². The zero-order valence-corrected chi connectivity index (χ0v) is 51.3. The molecule has 0 aliphatic heterocycles. The molecule has 0 saturated carbocycles. The Morgan fingerprint density at radius 1 is 0.289 bits per heavy atom. The molecular formula is C64H64O6P2Si4. The van der Waals surface area contributed by atoms with Crippen molar-refractivity contribution >= 4 is 156 Å². The first-order chi connectivity index (χ1) is 36.2. The maximum absolute atomic E-state index is 7.40. The van der Waals surface area contributed by atoms with Gasteiger partial charge in [-0.2, -0.15) is 0 Å². The first kappa shape index (κ1) is 50.3. The summed E-state index contributed by atoms with van der Waals surface area (Å²) in [5.41, 5.74) is 5.07. The van der Waals surface area contributed by atoms with Crippen molar-refractivity contribution in [3.8, 4) is 22.6 Å². The molecule has 2 aromatic heterocycles. The van der Waals surface area contributed by atoms with Gasteiger partial charge in [0.25, 0.3) is 0 Å². The van der Waals surface area contributed by atoms with Gasteiger partial charge < -0.3 is 25.8 Å². The lowest BCUT2D eigenvalue weighted by Gasteiger charge is -2.20. The van der Waals surface area contributed by atoms with E-state index >= 15 is 0 Å². The monoisotopic (exact) mass is 1100 g/mol. The molecule has 10 aromatic carbocycles. The van der Waals surface area contributed by atoms with Crippen LogP contribution in [-0.2, 0) is 0 Å². The third-order valence-electron chi connectivity index (χ3n) is 14.8. The largest absolute Gasteiger partial charge is 0.453 e. The average Bonchev–Trinajstić information content (AvgIpc) is 3.72. The Bertz CT molecular complexity index is 3910. The number of rotatable bonds is 9. The predicted octanol–water partition coefficient (Wildman–Crippen LogP) is 19.0. The molecule has 0 radical (unpaired) electrons. The Morgan fingerprint density at radius 2 is 0.513 bits per heavy atom. The topological polar surface area (TPSA) is 71.0 Å². The second-order valence-corrected chi connectivity index (χ2v) is 46.5. The van der Waals surface area contributed by atoms with E-state index in [1.165, 1.54) is 42.3 Å². The normalized spacial score (nSPS) is 12.7.